The molecule has 0 fully saturated rings. The van der Waals surface area contributed by atoms with Gasteiger partial charge in [-0.15, -0.1) is 0 Å². The second-order valence-electron chi connectivity index (χ2n) is 13.1. The number of aliphatic hydroxyl groups excluding tert-OH is 1. The Morgan fingerprint density at radius 2 is 1.27 bits per heavy atom. The highest BCUT2D eigenvalue weighted by molar-refractivity contribution is 5.97. The first kappa shape index (κ1) is 44.0. The van der Waals surface area contributed by atoms with Crippen molar-refractivity contribution in [2.45, 2.75) is 97.6 Å². The van der Waals surface area contributed by atoms with Gasteiger partial charge < -0.3 is 47.0 Å². The Balaban J connectivity index is 3.11. The molecule has 17 nitrogen and oxygen atoms in total. The molecular weight excluding hydrogens is 666 g/mol. The van der Waals surface area contributed by atoms with Gasteiger partial charge in [-0.3, -0.25) is 38.4 Å². The molecule has 8 N–H and O–H groups in total. The number of carbonyl (C=O) groups is 8. The van der Waals surface area contributed by atoms with Crippen LogP contribution in [-0.2, 0) is 44.8 Å². The average molecular weight is 720 g/mol. The number of amides is 7. The average Bonchev–Trinajstić information content (AvgIpc) is 3.06. The predicted molar refractivity (Wildman–Crippen MR) is 185 cm³/mol. The summed E-state index contributed by atoms with van der Waals surface area (Å²) in [6, 6.07) is 1.57. The van der Waals surface area contributed by atoms with Crippen LogP contribution in [0.4, 0.5) is 0 Å². The molecule has 7 amide bonds. The number of hydrogen-bond donors (Lipinski definition) is 8. The number of nitrogens with one attached hydrogen (secondary N) is 6. The number of likely N-dealkylation sites (N-methyl/N-ethyl adjacent to an activating group) is 1. The van der Waals surface area contributed by atoms with Crippen LogP contribution in [0.5, 0.6) is 0 Å². The lowest BCUT2D eigenvalue weighted by Gasteiger charge is -2.31. The van der Waals surface area contributed by atoms with E-state index in [1.54, 1.807) is 44.2 Å². The molecule has 1 aromatic rings. The van der Waals surface area contributed by atoms with Crippen LogP contribution >= 0.6 is 0 Å². The van der Waals surface area contributed by atoms with Crippen molar-refractivity contribution >= 4 is 47.3 Å². The van der Waals surface area contributed by atoms with E-state index in [-0.39, 0.29) is 24.7 Å². The number of carbonyl (C=O) groups excluding carboxylic acids is 7. The lowest BCUT2D eigenvalue weighted by Crippen LogP contribution is -2.60. The smallest absolute Gasteiger partial charge is 0.322 e. The van der Waals surface area contributed by atoms with E-state index in [1.165, 1.54) is 27.8 Å². The van der Waals surface area contributed by atoms with E-state index in [2.05, 4.69) is 31.9 Å². The largest absolute Gasteiger partial charge is 0.480 e. The van der Waals surface area contributed by atoms with E-state index in [4.69, 9.17) is 5.11 Å². The summed E-state index contributed by atoms with van der Waals surface area (Å²) >= 11 is 0. The first-order valence-corrected chi connectivity index (χ1v) is 16.7. The molecule has 0 aliphatic carbocycles. The van der Waals surface area contributed by atoms with Crippen LogP contribution in [0.25, 0.3) is 0 Å². The van der Waals surface area contributed by atoms with E-state index in [0.29, 0.717) is 5.56 Å². The summed E-state index contributed by atoms with van der Waals surface area (Å²) in [6.07, 6.45) is 0.186. The maximum Gasteiger partial charge on any atom is 0.322 e. The molecule has 1 aromatic carbocycles. The fraction of sp³-hybridized carbons (Fsp3) is 0.588. The maximum atomic E-state index is 13.8. The monoisotopic (exact) mass is 719 g/mol. The van der Waals surface area contributed by atoms with E-state index < -0.39 is 96.7 Å². The lowest BCUT2D eigenvalue weighted by atomic mass is 10.0. The maximum absolute atomic E-state index is 13.8. The van der Waals surface area contributed by atoms with E-state index in [0.717, 1.165) is 4.90 Å². The lowest BCUT2D eigenvalue weighted by molar-refractivity contribution is -0.142. The topological polar surface area (TPSA) is 252 Å². The number of hydrogen-bond acceptors (Lipinski definition) is 9. The second-order valence-corrected chi connectivity index (χ2v) is 13.1. The molecule has 0 unspecified atom stereocenters. The Morgan fingerprint density at radius 1 is 0.706 bits per heavy atom. The Hall–Kier alpha value is -5.06. The van der Waals surface area contributed by atoms with Gasteiger partial charge in [-0.25, -0.2) is 0 Å². The van der Waals surface area contributed by atoms with Crippen molar-refractivity contribution in [3.8, 4) is 0 Å². The summed E-state index contributed by atoms with van der Waals surface area (Å²) in [5, 5.41) is 33.6. The van der Waals surface area contributed by atoms with Crippen molar-refractivity contribution < 1.29 is 48.6 Å². The van der Waals surface area contributed by atoms with Crippen molar-refractivity contribution in [1.82, 2.24) is 36.8 Å². The zero-order valence-corrected chi connectivity index (χ0v) is 30.4. The third-order valence-electron chi connectivity index (χ3n) is 7.83. The highest BCUT2D eigenvalue weighted by Gasteiger charge is 2.34. The summed E-state index contributed by atoms with van der Waals surface area (Å²) in [5.74, 6) is -6.53. The van der Waals surface area contributed by atoms with Gasteiger partial charge in [0.1, 0.15) is 42.8 Å². The number of carboxylic acids is 1. The second kappa shape index (κ2) is 21.2. The third kappa shape index (κ3) is 15.2. The van der Waals surface area contributed by atoms with Crippen LogP contribution in [-0.4, -0.2) is 119 Å². The minimum atomic E-state index is -1.48. The van der Waals surface area contributed by atoms with Gasteiger partial charge in [-0.05, 0) is 37.7 Å². The molecular formula is C34H53N7O10. The molecule has 0 heterocycles. The van der Waals surface area contributed by atoms with Crippen LogP contribution < -0.4 is 31.9 Å². The van der Waals surface area contributed by atoms with Gasteiger partial charge >= 0.3 is 5.97 Å². The number of rotatable bonds is 20. The third-order valence-corrected chi connectivity index (χ3v) is 7.83. The summed E-state index contributed by atoms with van der Waals surface area (Å²) < 4.78 is 0. The summed E-state index contributed by atoms with van der Waals surface area (Å²) in [7, 11) is 1.33. The van der Waals surface area contributed by atoms with Crippen molar-refractivity contribution in [2.75, 3.05) is 20.2 Å². The van der Waals surface area contributed by atoms with Crippen LogP contribution in [0.15, 0.2) is 30.3 Å². The highest BCUT2D eigenvalue weighted by atomic mass is 16.4. The van der Waals surface area contributed by atoms with Crippen LogP contribution in [0.3, 0.4) is 0 Å². The minimum absolute atomic E-state index is 0.0172. The Bertz CT molecular complexity index is 1390. The van der Waals surface area contributed by atoms with Crippen LogP contribution in [0.1, 0.15) is 60.5 Å². The van der Waals surface area contributed by atoms with E-state index in [1.807, 2.05) is 13.8 Å². The fourth-order valence-corrected chi connectivity index (χ4v) is 4.83. The van der Waals surface area contributed by atoms with Gasteiger partial charge in [-0.2, -0.15) is 0 Å². The number of aliphatic hydroxyl groups is 1. The van der Waals surface area contributed by atoms with Gasteiger partial charge in [0.05, 0.1) is 6.61 Å². The SMILES string of the molecule is CC(=O)N[C@H](C(=O)N[C@@H](CO)C(=O)N[C@@H](Cc1ccccc1)C(=O)N(C)[C@@H](C)C(=O)N[C@@H](C)C(=O)N[C@@H](CC(C)C)C(=O)NCC(=O)O)C(C)C. The Morgan fingerprint density at radius 3 is 1.78 bits per heavy atom. The van der Waals surface area contributed by atoms with Gasteiger partial charge in [0, 0.05) is 20.4 Å². The molecule has 0 bridgehead atoms. The summed E-state index contributed by atoms with van der Waals surface area (Å²) in [6.45, 7) is 9.58. The zero-order valence-electron chi connectivity index (χ0n) is 30.4. The first-order chi connectivity index (χ1) is 23.8. The minimum Gasteiger partial charge on any atom is -0.480 e. The molecule has 1 rings (SSSR count). The van der Waals surface area contributed by atoms with Gasteiger partial charge in [0.25, 0.3) is 0 Å². The molecule has 51 heavy (non-hydrogen) atoms. The highest BCUT2D eigenvalue weighted by Crippen LogP contribution is 2.10. The number of nitrogens with zero attached hydrogens (tertiary/aromatic N) is 1. The molecule has 17 heteroatoms. The van der Waals surface area contributed by atoms with Crippen molar-refractivity contribution in [3.63, 3.8) is 0 Å². The predicted octanol–water partition coefficient (Wildman–Crippen LogP) is -1.56. The van der Waals surface area contributed by atoms with E-state index in [9.17, 15) is 43.5 Å². The summed E-state index contributed by atoms with van der Waals surface area (Å²) in [4.78, 5) is 102. The van der Waals surface area contributed by atoms with Crippen molar-refractivity contribution in [1.29, 1.82) is 0 Å². The standard InChI is InChI=1S/C34H53N7O10/c1-18(2)14-24(31(48)35-16-27(44)45)38-29(46)20(5)36-30(47)21(6)41(8)34(51)25(15-23-12-10-9-11-13-23)39-32(49)26(17-42)40-33(50)28(19(3)4)37-22(7)43/h9-13,18-21,24-26,28,42H,14-17H2,1-8H3,(H,35,48)(H,36,47)(H,37,43)(H,38,46)(H,39,49)(H,40,50)(H,44,45)/t20-,21-,24-,25-,26-,28-/m0/s1. The quantitative estimate of drug-likeness (QED) is 0.0769. The van der Waals surface area contributed by atoms with E-state index >= 15 is 0 Å². The fourth-order valence-electron chi connectivity index (χ4n) is 4.83. The Kier molecular flexibility index (Phi) is 18.3. The molecule has 0 spiro atoms. The van der Waals surface area contributed by atoms with Gasteiger partial charge in [0.2, 0.25) is 41.4 Å². The zero-order chi connectivity index (χ0) is 39.0. The number of aliphatic carboxylic acids is 1. The van der Waals surface area contributed by atoms with Crippen molar-refractivity contribution in [3.05, 3.63) is 35.9 Å². The van der Waals surface area contributed by atoms with Crippen LogP contribution in [0, 0.1) is 11.8 Å². The molecule has 0 saturated heterocycles. The molecule has 0 aromatic heterocycles. The van der Waals surface area contributed by atoms with Gasteiger partial charge in [-0.1, -0.05) is 58.0 Å². The molecule has 0 radical (unpaired) electrons. The molecule has 284 valence electrons. The molecule has 6 atom stereocenters. The normalized spacial score (nSPS) is 14.5. The first-order valence-electron chi connectivity index (χ1n) is 16.7. The molecule has 0 aliphatic rings. The van der Waals surface area contributed by atoms with Crippen LogP contribution in [0.2, 0.25) is 0 Å². The summed E-state index contributed by atoms with van der Waals surface area (Å²) in [5.41, 5.74) is 0.658. The Labute approximate surface area is 298 Å². The number of benzene rings is 1. The van der Waals surface area contributed by atoms with Gasteiger partial charge in [0.15, 0.2) is 0 Å². The molecule has 0 aliphatic heterocycles. The number of carboxylic acid groups (broad SMARTS) is 1. The van der Waals surface area contributed by atoms with Crippen molar-refractivity contribution in [2.24, 2.45) is 11.8 Å². The molecule has 0 saturated carbocycles.